The molecule has 0 bridgehead atoms. The first-order valence-electron chi connectivity index (χ1n) is 7.53. The number of piperidine rings is 1. The molecular weight excluding hydrogens is 278 g/mol. The van der Waals surface area contributed by atoms with Crippen molar-refractivity contribution in [3.63, 3.8) is 0 Å². The van der Waals surface area contributed by atoms with E-state index in [0.29, 0.717) is 18.2 Å². The molecule has 6 nitrogen and oxygen atoms in total. The van der Waals surface area contributed by atoms with Crippen LogP contribution in [0.3, 0.4) is 0 Å². The van der Waals surface area contributed by atoms with Crippen LogP contribution in [0.2, 0.25) is 0 Å². The predicted octanol–water partition coefficient (Wildman–Crippen LogP) is 1.27. The first-order chi connectivity index (χ1) is 10.8. The van der Waals surface area contributed by atoms with Crippen LogP contribution in [0.4, 0.5) is 0 Å². The van der Waals surface area contributed by atoms with Crippen LogP contribution in [-0.2, 0) is 6.54 Å². The van der Waals surface area contributed by atoms with Crippen molar-refractivity contribution < 1.29 is 4.79 Å². The van der Waals surface area contributed by atoms with Gasteiger partial charge in [-0.1, -0.05) is 6.07 Å². The standard InChI is InChI=1S/C16H19N5O/c22-16(21-9-13-5-1-2-7-18-13)15-11-19-14(10-20-15)12-4-3-6-17-8-12/h1-2,5,7,10-12,17H,3-4,6,8-9H2,(H,21,22)/t12-/m1/s1. The Bertz CT molecular complexity index is 608. The summed E-state index contributed by atoms with van der Waals surface area (Å²) in [6, 6.07) is 5.60. The third kappa shape index (κ3) is 3.65. The maximum absolute atomic E-state index is 12.1. The van der Waals surface area contributed by atoms with E-state index in [2.05, 4.69) is 25.6 Å². The highest BCUT2D eigenvalue weighted by atomic mass is 16.1. The van der Waals surface area contributed by atoms with Crippen LogP contribution in [0.25, 0.3) is 0 Å². The Labute approximate surface area is 129 Å². The number of pyridine rings is 1. The summed E-state index contributed by atoms with van der Waals surface area (Å²) >= 11 is 0. The van der Waals surface area contributed by atoms with Crippen molar-refractivity contribution in [2.75, 3.05) is 13.1 Å². The van der Waals surface area contributed by atoms with E-state index in [0.717, 1.165) is 37.3 Å². The van der Waals surface area contributed by atoms with Gasteiger partial charge in [-0.3, -0.25) is 14.8 Å². The number of hydrogen-bond donors (Lipinski definition) is 2. The largest absolute Gasteiger partial charge is 0.345 e. The van der Waals surface area contributed by atoms with Crippen molar-refractivity contribution in [1.82, 2.24) is 25.6 Å². The lowest BCUT2D eigenvalue weighted by Crippen LogP contribution is -2.29. The van der Waals surface area contributed by atoms with E-state index in [4.69, 9.17) is 0 Å². The number of amides is 1. The van der Waals surface area contributed by atoms with E-state index in [1.165, 1.54) is 0 Å². The molecule has 1 saturated heterocycles. The normalized spacial score (nSPS) is 17.9. The van der Waals surface area contributed by atoms with E-state index in [1.54, 1.807) is 18.6 Å². The van der Waals surface area contributed by atoms with Crippen LogP contribution in [0.5, 0.6) is 0 Å². The zero-order chi connectivity index (χ0) is 15.2. The minimum absolute atomic E-state index is 0.230. The molecule has 0 unspecified atom stereocenters. The molecule has 1 amide bonds. The van der Waals surface area contributed by atoms with E-state index in [-0.39, 0.29) is 5.91 Å². The van der Waals surface area contributed by atoms with Crippen LogP contribution < -0.4 is 10.6 Å². The highest BCUT2D eigenvalue weighted by Crippen LogP contribution is 2.20. The highest BCUT2D eigenvalue weighted by Gasteiger charge is 2.17. The van der Waals surface area contributed by atoms with Crippen molar-refractivity contribution >= 4 is 5.91 Å². The fourth-order valence-corrected chi connectivity index (χ4v) is 2.53. The third-order valence-corrected chi connectivity index (χ3v) is 3.78. The molecule has 0 radical (unpaired) electrons. The average molecular weight is 297 g/mol. The number of nitrogens with zero attached hydrogens (tertiary/aromatic N) is 3. The molecule has 0 aromatic carbocycles. The summed E-state index contributed by atoms with van der Waals surface area (Å²) in [6.45, 7) is 2.38. The molecular formula is C16H19N5O. The quantitative estimate of drug-likeness (QED) is 0.888. The fourth-order valence-electron chi connectivity index (χ4n) is 2.53. The lowest BCUT2D eigenvalue weighted by atomic mass is 9.96. The minimum Gasteiger partial charge on any atom is -0.345 e. The van der Waals surface area contributed by atoms with Crippen LogP contribution >= 0.6 is 0 Å². The molecule has 1 fully saturated rings. The minimum atomic E-state index is -0.230. The summed E-state index contributed by atoms with van der Waals surface area (Å²) < 4.78 is 0. The van der Waals surface area contributed by atoms with E-state index in [1.807, 2.05) is 18.2 Å². The summed E-state index contributed by atoms with van der Waals surface area (Å²) in [5, 5.41) is 6.15. The molecule has 1 aliphatic heterocycles. The number of carbonyl (C=O) groups is 1. The fraction of sp³-hybridized carbons (Fsp3) is 0.375. The molecule has 2 aromatic heterocycles. The zero-order valence-electron chi connectivity index (χ0n) is 12.3. The SMILES string of the molecule is O=C(NCc1ccccn1)c1cnc([C@@H]2CCCNC2)cn1. The molecule has 0 saturated carbocycles. The zero-order valence-corrected chi connectivity index (χ0v) is 12.3. The molecule has 2 aromatic rings. The van der Waals surface area contributed by atoms with Gasteiger partial charge >= 0.3 is 0 Å². The van der Waals surface area contributed by atoms with Crippen molar-refractivity contribution in [3.05, 3.63) is 53.9 Å². The highest BCUT2D eigenvalue weighted by molar-refractivity contribution is 5.91. The molecule has 0 spiro atoms. The monoisotopic (exact) mass is 297 g/mol. The van der Waals surface area contributed by atoms with Gasteiger partial charge in [0.2, 0.25) is 0 Å². The molecule has 22 heavy (non-hydrogen) atoms. The van der Waals surface area contributed by atoms with Gasteiger partial charge in [0, 0.05) is 24.9 Å². The van der Waals surface area contributed by atoms with Gasteiger partial charge in [-0.05, 0) is 31.5 Å². The van der Waals surface area contributed by atoms with Crippen molar-refractivity contribution in [1.29, 1.82) is 0 Å². The maximum atomic E-state index is 12.1. The van der Waals surface area contributed by atoms with E-state index in [9.17, 15) is 4.79 Å². The Kier molecular flexibility index (Phi) is 4.70. The van der Waals surface area contributed by atoms with Crippen molar-refractivity contribution in [2.24, 2.45) is 0 Å². The molecule has 3 rings (SSSR count). The molecule has 0 aliphatic carbocycles. The number of hydrogen-bond acceptors (Lipinski definition) is 5. The van der Waals surface area contributed by atoms with Gasteiger partial charge in [0.15, 0.2) is 0 Å². The number of aromatic nitrogens is 3. The van der Waals surface area contributed by atoms with Crippen molar-refractivity contribution in [2.45, 2.75) is 25.3 Å². The molecule has 1 aliphatic rings. The van der Waals surface area contributed by atoms with Gasteiger partial charge in [-0.2, -0.15) is 0 Å². The summed E-state index contributed by atoms with van der Waals surface area (Å²) in [4.78, 5) is 24.9. The molecule has 6 heteroatoms. The summed E-state index contributed by atoms with van der Waals surface area (Å²) in [6.07, 6.45) is 7.24. The van der Waals surface area contributed by atoms with E-state index < -0.39 is 0 Å². The molecule has 1 atom stereocenters. The van der Waals surface area contributed by atoms with Crippen LogP contribution in [0, 0.1) is 0 Å². The topological polar surface area (TPSA) is 79.8 Å². The summed E-state index contributed by atoms with van der Waals surface area (Å²) in [5.41, 5.74) is 2.10. The van der Waals surface area contributed by atoms with Gasteiger partial charge in [0.25, 0.3) is 5.91 Å². The summed E-state index contributed by atoms with van der Waals surface area (Å²) in [7, 11) is 0. The number of rotatable bonds is 4. The van der Waals surface area contributed by atoms with Crippen LogP contribution in [0.1, 0.15) is 40.6 Å². The Morgan fingerprint density at radius 1 is 1.27 bits per heavy atom. The van der Waals surface area contributed by atoms with Crippen LogP contribution in [-0.4, -0.2) is 33.9 Å². The second-order valence-electron chi connectivity index (χ2n) is 5.37. The molecule has 2 N–H and O–H groups in total. The lowest BCUT2D eigenvalue weighted by molar-refractivity contribution is 0.0945. The Hall–Kier alpha value is -2.34. The van der Waals surface area contributed by atoms with Gasteiger partial charge in [0.1, 0.15) is 5.69 Å². The summed E-state index contributed by atoms with van der Waals surface area (Å²) in [5.74, 6) is 0.165. The van der Waals surface area contributed by atoms with Crippen molar-refractivity contribution in [3.8, 4) is 0 Å². The van der Waals surface area contributed by atoms with Gasteiger partial charge < -0.3 is 10.6 Å². The maximum Gasteiger partial charge on any atom is 0.271 e. The predicted molar refractivity (Wildman–Crippen MR) is 82.3 cm³/mol. The number of carbonyl (C=O) groups excluding carboxylic acids is 1. The van der Waals surface area contributed by atoms with Gasteiger partial charge in [0.05, 0.1) is 24.1 Å². The number of nitrogens with one attached hydrogen (secondary N) is 2. The second-order valence-corrected chi connectivity index (χ2v) is 5.37. The second kappa shape index (κ2) is 7.09. The molecule has 3 heterocycles. The Balaban J connectivity index is 1.58. The molecule has 114 valence electrons. The smallest absolute Gasteiger partial charge is 0.271 e. The van der Waals surface area contributed by atoms with E-state index >= 15 is 0 Å². The van der Waals surface area contributed by atoms with Gasteiger partial charge in [-0.15, -0.1) is 0 Å². The Morgan fingerprint density at radius 3 is 2.91 bits per heavy atom. The van der Waals surface area contributed by atoms with Crippen LogP contribution in [0.15, 0.2) is 36.8 Å². The third-order valence-electron chi connectivity index (χ3n) is 3.78. The lowest BCUT2D eigenvalue weighted by Gasteiger charge is -2.21. The Morgan fingerprint density at radius 2 is 2.23 bits per heavy atom. The average Bonchev–Trinajstić information content (AvgIpc) is 2.61. The first kappa shape index (κ1) is 14.6. The first-order valence-corrected chi connectivity index (χ1v) is 7.53. The van der Waals surface area contributed by atoms with Gasteiger partial charge in [-0.25, -0.2) is 4.98 Å².